The van der Waals surface area contributed by atoms with Crippen LogP contribution < -0.4 is 5.32 Å². The minimum atomic E-state index is -0.405. The van der Waals surface area contributed by atoms with Gasteiger partial charge in [-0.3, -0.25) is 0 Å². The number of urea groups is 1. The summed E-state index contributed by atoms with van der Waals surface area (Å²) in [6.45, 7) is 2.62. The van der Waals surface area contributed by atoms with Crippen LogP contribution in [0, 0.1) is 0 Å². The Morgan fingerprint density at radius 3 is 3.00 bits per heavy atom. The Hall–Kier alpha value is -1.76. The number of nitrogens with one attached hydrogen (secondary N) is 1. The van der Waals surface area contributed by atoms with Gasteiger partial charge < -0.3 is 19.9 Å². The van der Waals surface area contributed by atoms with E-state index in [4.69, 9.17) is 4.74 Å². The number of likely N-dealkylation sites (N-methyl/N-ethyl adjacent to an activating group) is 1. The van der Waals surface area contributed by atoms with E-state index in [1.807, 2.05) is 16.3 Å². The summed E-state index contributed by atoms with van der Waals surface area (Å²) in [5.74, 6) is 0. The molecule has 3 amide bonds. The zero-order chi connectivity index (χ0) is 16.3. The molecular weight excluding hydrogens is 314 g/mol. The fourth-order valence-electron chi connectivity index (χ4n) is 3.28. The van der Waals surface area contributed by atoms with Crippen molar-refractivity contribution in [1.29, 1.82) is 0 Å². The van der Waals surface area contributed by atoms with Crippen molar-refractivity contribution in [3.8, 4) is 0 Å². The quantitative estimate of drug-likeness (QED) is 0.921. The van der Waals surface area contributed by atoms with Gasteiger partial charge in [0.05, 0.1) is 6.54 Å². The third-order valence-corrected chi connectivity index (χ3v) is 5.49. The molecule has 126 valence electrons. The van der Waals surface area contributed by atoms with Gasteiger partial charge in [-0.15, -0.1) is 11.3 Å². The summed E-state index contributed by atoms with van der Waals surface area (Å²) in [5.41, 5.74) is -0.405. The van der Waals surface area contributed by atoms with E-state index < -0.39 is 5.60 Å². The minimum absolute atomic E-state index is 0.0173. The van der Waals surface area contributed by atoms with Crippen LogP contribution in [0.4, 0.5) is 9.59 Å². The molecule has 1 spiro atoms. The molecule has 1 atom stereocenters. The average Bonchev–Trinajstić information content (AvgIpc) is 3.06. The van der Waals surface area contributed by atoms with Gasteiger partial charge in [-0.05, 0) is 30.7 Å². The van der Waals surface area contributed by atoms with Crippen LogP contribution in [-0.2, 0) is 11.2 Å². The molecule has 2 saturated heterocycles. The summed E-state index contributed by atoms with van der Waals surface area (Å²) in [4.78, 5) is 28.7. The van der Waals surface area contributed by atoms with Gasteiger partial charge in [0.1, 0.15) is 5.60 Å². The summed E-state index contributed by atoms with van der Waals surface area (Å²) in [6.07, 6.45) is 3.01. The number of likely N-dealkylation sites (tertiary alicyclic amines) is 1. The molecule has 2 aliphatic rings. The molecule has 0 aliphatic carbocycles. The number of rotatable bonds is 3. The van der Waals surface area contributed by atoms with E-state index >= 15 is 0 Å². The molecule has 0 unspecified atom stereocenters. The first-order valence-electron chi connectivity index (χ1n) is 8.07. The number of carbonyl (C=O) groups excluding carboxylic acids is 2. The predicted octanol–water partition coefficient (Wildman–Crippen LogP) is 2.31. The molecule has 1 N–H and O–H groups in total. The molecule has 1 aromatic heterocycles. The lowest BCUT2D eigenvalue weighted by Gasteiger charge is -2.25. The lowest BCUT2D eigenvalue weighted by Crippen LogP contribution is -2.42. The fraction of sp³-hybridized carbons (Fsp3) is 0.625. The standard InChI is InChI=1S/C16H23N3O3S/c1-18-12-16(22-15(18)21)6-3-9-19(10-7-16)14(20)17-8-5-13-4-2-11-23-13/h2,4,11H,3,5-10,12H2,1H3,(H,17,20)/t16-/m0/s1. The zero-order valence-electron chi connectivity index (χ0n) is 13.4. The Morgan fingerprint density at radius 2 is 2.30 bits per heavy atom. The van der Waals surface area contributed by atoms with Crippen LogP contribution in [0.2, 0.25) is 0 Å². The lowest BCUT2D eigenvalue weighted by atomic mass is 9.95. The van der Waals surface area contributed by atoms with Crippen molar-refractivity contribution < 1.29 is 14.3 Å². The number of thiophene rings is 1. The first-order chi connectivity index (χ1) is 11.1. The molecule has 1 aromatic rings. The van der Waals surface area contributed by atoms with E-state index in [0.29, 0.717) is 32.6 Å². The van der Waals surface area contributed by atoms with Gasteiger partial charge in [-0.1, -0.05) is 6.07 Å². The second kappa shape index (κ2) is 6.78. The van der Waals surface area contributed by atoms with Crippen molar-refractivity contribution in [1.82, 2.24) is 15.1 Å². The molecule has 3 rings (SSSR count). The van der Waals surface area contributed by atoms with Gasteiger partial charge in [0, 0.05) is 38.0 Å². The van der Waals surface area contributed by atoms with Gasteiger partial charge >= 0.3 is 12.1 Å². The van der Waals surface area contributed by atoms with Crippen molar-refractivity contribution in [3.05, 3.63) is 22.4 Å². The predicted molar refractivity (Wildman–Crippen MR) is 88.7 cm³/mol. The Kier molecular flexibility index (Phi) is 4.75. The third-order valence-electron chi connectivity index (χ3n) is 4.55. The maximum atomic E-state index is 12.3. The van der Waals surface area contributed by atoms with E-state index in [1.165, 1.54) is 4.88 Å². The fourth-order valence-corrected chi connectivity index (χ4v) is 3.99. The summed E-state index contributed by atoms with van der Waals surface area (Å²) >= 11 is 1.71. The van der Waals surface area contributed by atoms with Crippen molar-refractivity contribution >= 4 is 23.5 Å². The molecule has 0 saturated carbocycles. The second-order valence-electron chi connectivity index (χ2n) is 6.31. The monoisotopic (exact) mass is 337 g/mol. The number of hydrogen-bond donors (Lipinski definition) is 1. The minimum Gasteiger partial charge on any atom is -0.441 e. The highest BCUT2D eigenvalue weighted by Crippen LogP contribution is 2.32. The van der Waals surface area contributed by atoms with Crippen LogP contribution in [-0.4, -0.2) is 60.8 Å². The SMILES string of the molecule is CN1C[C@@]2(CCCN(C(=O)NCCc3cccs3)CC2)OC1=O. The van der Waals surface area contributed by atoms with Gasteiger partial charge in [0.25, 0.3) is 0 Å². The summed E-state index contributed by atoms with van der Waals surface area (Å²) in [6, 6.07) is 4.09. The molecule has 0 bridgehead atoms. The van der Waals surface area contributed by atoms with Crippen LogP contribution >= 0.6 is 11.3 Å². The molecule has 3 heterocycles. The van der Waals surface area contributed by atoms with E-state index in [9.17, 15) is 9.59 Å². The molecule has 0 aromatic carbocycles. The van der Waals surface area contributed by atoms with Crippen molar-refractivity contribution in [2.75, 3.05) is 33.2 Å². The van der Waals surface area contributed by atoms with E-state index in [2.05, 4.69) is 11.4 Å². The average molecular weight is 337 g/mol. The summed E-state index contributed by atoms with van der Waals surface area (Å²) < 4.78 is 5.57. The first-order valence-corrected chi connectivity index (χ1v) is 8.95. The number of hydrogen-bond acceptors (Lipinski definition) is 4. The van der Waals surface area contributed by atoms with Crippen molar-refractivity contribution in [2.24, 2.45) is 0 Å². The molecular formula is C16H23N3O3S. The highest BCUT2D eigenvalue weighted by molar-refractivity contribution is 7.09. The Morgan fingerprint density at radius 1 is 1.43 bits per heavy atom. The highest BCUT2D eigenvalue weighted by Gasteiger charge is 2.44. The molecule has 0 radical (unpaired) electrons. The van der Waals surface area contributed by atoms with Gasteiger partial charge in [0.15, 0.2) is 0 Å². The highest BCUT2D eigenvalue weighted by atomic mass is 32.1. The number of amides is 3. The maximum absolute atomic E-state index is 12.3. The summed E-state index contributed by atoms with van der Waals surface area (Å²) in [7, 11) is 1.76. The smallest absolute Gasteiger partial charge is 0.410 e. The van der Waals surface area contributed by atoms with Crippen molar-refractivity contribution in [3.63, 3.8) is 0 Å². The Labute approximate surface area is 140 Å². The number of carbonyl (C=O) groups is 2. The molecule has 2 aliphatic heterocycles. The van der Waals surface area contributed by atoms with Crippen LogP contribution in [0.15, 0.2) is 17.5 Å². The topological polar surface area (TPSA) is 61.9 Å². The lowest BCUT2D eigenvalue weighted by molar-refractivity contribution is 0.0453. The molecule has 23 heavy (non-hydrogen) atoms. The third kappa shape index (κ3) is 3.77. The largest absolute Gasteiger partial charge is 0.441 e. The van der Waals surface area contributed by atoms with Crippen LogP contribution in [0.25, 0.3) is 0 Å². The van der Waals surface area contributed by atoms with Crippen molar-refractivity contribution in [2.45, 2.75) is 31.3 Å². The molecule has 6 nitrogen and oxygen atoms in total. The van der Waals surface area contributed by atoms with Gasteiger partial charge in [-0.25, -0.2) is 9.59 Å². The van der Waals surface area contributed by atoms with Crippen LogP contribution in [0.5, 0.6) is 0 Å². The van der Waals surface area contributed by atoms with E-state index in [1.54, 1.807) is 23.3 Å². The number of ether oxygens (including phenoxy) is 1. The van der Waals surface area contributed by atoms with Gasteiger partial charge in [0.2, 0.25) is 0 Å². The molecule has 2 fully saturated rings. The zero-order valence-corrected chi connectivity index (χ0v) is 14.2. The summed E-state index contributed by atoms with van der Waals surface area (Å²) in [5, 5.41) is 5.04. The van der Waals surface area contributed by atoms with Crippen LogP contribution in [0.3, 0.4) is 0 Å². The van der Waals surface area contributed by atoms with Crippen LogP contribution in [0.1, 0.15) is 24.1 Å². The Bertz CT molecular complexity index is 563. The normalized spacial score (nSPS) is 24.7. The number of nitrogens with zero attached hydrogens (tertiary/aromatic N) is 2. The first kappa shape index (κ1) is 16.1. The van der Waals surface area contributed by atoms with E-state index in [-0.39, 0.29) is 12.1 Å². The maximum Gasteiger partial charge on any atom is 0.410 e. The second-order valence-corrected chi connectivity index (χ2v) is 7.34. The molecule has 7 heteroatoms. The van der Waals surface area contributed by atoms with Gasteiger partial charge in [-0.2, -0.15) is 0 Å². The van der Waals surface area contributed by atoms with E-state index in [0.717, 1.165) is 19.3 Å². The Balaban J connectivity index is 1.47.